The lowest BCUT2D eigenvalue weighted by atomic mass is 10.1. The van der Waals surface area contributed by atoms with E-state index in [1.54, 1.807) is 12.1 Å². The van der Waals surface area contributed by atoms with Crippen LogP contribution in [0.25, 0.3) is 0 Å². The van der Waals surface area contributed by atoms with Gasteiger partial charge in [-0.05, 0) is 43.7 Å². The number of benzene rings is 2. The minimum Gasteiger partial charge on any atom is -0.340 e. The maximum absolute atomic E-state index is 13.2. The normalized spacial score (nSPS) is 10.4. The molecule has 0 spiro atoms. The molecular weight excluding hydrogens is 319 g/mol. The first-order valence-corrected chi connectivity index (χ1v) is 7.74. The Balaban J connectivity index is 1.77. The standard InChI is InChI=1S/C19H17FN4O/c1-12-6-7-16(13(2)8-12)24-18-10-17(21-11-22-18)19(25)23-15-5-3-4-14(20)9-15/h3-11H,1-2H3,(H,23,25)(H,21,22,24). The van der Waals surface area contributed by atoms with Gasteiger partial charge in [0.2, 0.25) is 0 Å². The largest absolute Gasteiger partial charge is 0.340 e. The summed E-state index contributed by atoms with van der Waals surface area (Å²) in [5.74, 6) is -0.347. The summed E-state index contributed by atoms with van der Waals surface area (Å²) in [4.78, 5) is 20.4. The molecule has 0 unspecified atom stereocenters. The topological polar surface area (TPSA) is 66.9 Å². The molecule has 126 valence electrons. The molecular formula is C19H17FN4O. The molecule has 1 aromatic heterocycles. The van der Waals surface area contributed by atoms with Gasteiger partial charge in [-0.15, -0.1) is 0 Å². The summed E-state index contributed by atoms with van der Waals surface area (Å²) in [6.07, 6.45) is 1.31. The highest BCUT2D eigenvalue weighted by Crippen LogP contribution is 2.20. The van der Waals surface area contributed by atoms with Gasteiger partial charge in [-0.2, -0.15) is 0 Å². The Morgan fingerprint density at radius 2 is 1.88 bits per heavy atom. The molecule has 0 aliphatic rings. The number of carbonyl (C=O) groups excluding carboxylic acids is 1. The summed E-state index contributed by atoms with van der Waals surface area (Å²) in [6.45, 7) is 4.02. The van der Waals surface area contributed by atoms with Gasteiger partial charge in [0, 0.05) is 17.4 Å². The second-order valence-electron chi connectivity index (χ2n) is 5.70. The minimum absolute atomic E-state index is 0.187. The second-order valence-corrected chi connectivity index (χ2v) is 5.70. The monoisotopic (exact) mass is 336 g/mol. The van der Waals surface area contributed by atoms with Gasteiger partial charge >= 0.3 is 0 Å². The third-order valence-corrected chi connectivity index (χ3v) is 3.63. The van der Waals surface area contributed by atoms with E-state index in [1.165, 1.54) is 30.1 Å². The van der Waals surface area contributed by atoms with Crippen LogP contribution >= 0.6 is 0 Å². The Morgan fingerprint density at radius 3 is 2.64 bits per heavy atom. The fourth-order valence-corrected chi connectivity index (χ4v) is 2.40. The van der Waals surface area contributed by atoms with Crippen LogP contribution in [0.15, 0.2) is 54.9 Å². The van der Waals surface area contributed by atoms with Crippen molar-refractivity contribution in [3.63, 3.8) is 0 Å². The zero-order valence-electron chi connectivity index (χ0n) is 13.9. The van der Waals surface area contributed by atoms with Crippen LogP contribution in [0.2, 0.25) is 0 Å². The van der Waals surface area contributed by atoms with E-state index in [9.17, 15) is 9.18 Å². The lowest BCUT2D eigenvalue weighted by Gasteiger charge is -2.10. The van der Waals surface area contributed by atoms with Crippen molar-refractivity contribution in [2.24, 2.45) is 0 Å². The summed E-state index contributed by atoms with van der Waals surface area (Å²) < 4.78 is 13.2. The number of amides is 1. The highest BCUT2D eigenvalue weighted by molar-refractivity contribution is 6.03. The average molecular weight is 336 g/mol. The molecule has 0 atom stereocenters. The van der Waals surface area contributed by atoms with Gasteiger partial charge in [0.15, 0.2) is 0 Å². The van der Waals surface area contributed by atoms with Gasteiger partial charge in [0.25, 0.3) is 5.91 Å². The number of nitrogens with one attached hydrogen (secondary N) is 2. The molecule has 0 fully saturated rings. The third kappa shape index (κ3) is 4.17. The van der Waals surface area contributed by atoms with Crippen LogP contribution in [-0.2, 0) is 0 Å². The Hall–Kier alpha value is -3.28. The van der Waals surface area contributed by atoms with E-state index in [1.807, 2.05) is 26.0 Å². The van der Waals surface area contributed by atoms with Crippen molar-refractivity contribution in [2.45, 2.75) is 13.8 Å². The lowest BCUT2D eigenvalue weighted by Crippen LogP contribution is -2.14. The zero-order chi connectivity index (χ0) is 17.8. The predicted octanol–water partition coefficient (Wildman–Crippen LogP) is 4.23. The van der Waals surface area contributed by atoms with Crippen molar-refractivity contribution in [2.75, 3.05) is 10.6 Å². The van der Waals surface area contributed by atoms with E-state index < -0.39 is 11.7 Å². The molecule has 0 saturated carbocycles. The number of aryl methyl sites for hydroxylation is 2. The van der Waals surface area contributed by atoms with E-state index in [2.05, 4.69) is 26.7 Å². The van der Waals surface area contributed by atoms with Crippen LogP contribution < -0.4 is 10.6 Å². The summed E-state index contributed by atoms with van der Waals surface area (Å²) in [6, 6.07) is 13.2. The number of aromatic nitrogens is 2. The Kier molecular flexibility index (Phi) is 4.70. The van der Waals surface area contributed by atoms with Crippen LogP contribution in [0, 0.1) is 19.7 Å². The Labute approximate surface area is 145 Å². The van der Waals surface area contributed by atoms with E-state index in [0.717, 1.165) is 11.3 Å². The van der Waals surface area contributed by atoms with Crippen LogP contribution in [-0.4, -0.2) is 15.9 Å². The first-order chi connectivity index (χ1) is 12.0. The molecule has 2 aromatic carbocycles. The van der Waals surface area contributed by atoms with Crippen molar-refractivity contribution in [1.82, 2.24) is 9.97 Å². The van der Waals surface area contributed by atoms with E-state index >= 15 is 0 Å². The van der Waals surface area contributed by atoms with Gasteiger partial charge < -0.3 is 10.6 Å². The molecule has 0 radical (unpaired) electrons. The van der Waals surface area contributed by atoms with Crippen molar-refractivity contribution in [3.05, 3.63) is 77.5 Å². The van der Waals surface area contributed by atoms with E-state index in [0.29, 0.717) is 11.5 Å². The number of halogens is 1. The molecule has 0 aliphatic carbocycles. The highest BCUT2D eigenvalue weighted by atomic mass is 19.1. The molecule has 0 aliphatic heterocycles. The number of rotatable bonds is 4. The maximum atomic E-state index is 13.2. The van der Waals surface area contributed by atoms with E-state index in [4.69, 9.17) is 0 Å². The van der Waals surface area contributed by atoms with Crippen molar-refractivity contribution in [1.29, 1.82) is 0 Å². The van der Waals surface area contributed by atoms with Crippen LogP contribution in [0.1, 0.15) is 21.6 Å². The number of hydrogen-bond acceptors (Lipinski definition) is 4. The van der Waals surface area contributed by atoms with Gasteiger partial charge in [0.1, 0.15) is 23.7 Å². The number of hydrogen-bond donors (Lipinski definition) is 2. The summed E-state index contributed by atoms with van der Waals surface area (Å²) in [5.41, 5.74) is 3.70. The number of anilines is 3. The molecule has 2 N–H and O–H groups in total. The van der Waals surface area contributed by atoms with Gasteiger partial charge in [0.05, 0.1) is 0 Å². The zero-order valence-corrected chi connectivity index (χ0v) is 13.9. The molecule has 0 bridgehead atoms. The first-order valence-electron chi connectivity index (χ1n) is 7.74. The number of carbonyl (C=O) groups is 1. The van der Waals surface area contributed by atoms with Gasteiger partial charge in [-0.3, -0.25) is 4.79 Å². The average Bonchev–Trinajstić information content (AvgIpc) is 2.58. The summed E-state index contributed by atoms with van der Waals surface area (Å²) >= 11 is 0. The fraction of sp³-hybridized carbons (Fsp3) is 0.105. The second kappa shape index (κ2) is 7.09. The SMILES string of the molecule is Cc1ccc(Nc2cc(C(=O)Nc3cccc(F)c3)ncn2)c(C)c1. The molecule has 0 saturated heterocycles. The lowest BCUT2D eigenvalue weighted by molar-refractivity contribution is 0.102. The summed E-state index contributed by atoms with van der Waals surface area (Å²) in [7, 11) is 0. The fourth-order valence-electron chi connectivity index (χ4n) is 2.40. The van der Waals surface area contributed by atoms with Crippen LogP contribution in [0.5, 0.6) is 0 Å². The third-order valence-electron chi connectivity index (χ3n) is 3.63. The van der Waals surface area contributed by atoms with Crippen LogP contribution in [0.4, 0.5) is 21.6 Å². The summed E-state index contributed by atoms with van der Waals surface area (Å²) in [5, 5.41) is 5.79. The molecule has 3 aromatic rings. The first kappa shape index (κ1) is 16.6. The quantitative estimate of drug-likeness (QED) is 0.748. The molecule has 1 amide bonds. The van der Waals surface area contributed by atoms with Gasteiger partial charge in [-0.25, -0.2) is 14.4 Å². The van der Waals surface area contributed by atoms with E-state index in [-0.39, 0.29) is 5.69 Å². The Bertz CT molecular complexity index is 927. The minimum atomic E-state index is -0.434. The number of nitrogens with zero attached hydrogens (tertiary/aromatic N) is 2. The molecule has 6 heteroatoms. The molecule has 1 heterocycles. The molecule has 25 heavy (non-hydrogen) atoms. The van der Waals surface area contributed by atoms with Crippen molar-refractivity contribution in [3.8, 4) is 0 Å². The van der Waals surface area contributed by atoms with Crippen molar-refractivity contribution < 1.29 is 9.18 Å². The highest BCUT2D eigenvalue weighted by Gasteiger charge is 2.10. The van der Waals surface area contributed by atoms with Gasteiger partial charge in [-0.1, -0.05) is 23.8 Å². The Morgan fingerprint density at radius 1 is 1.04 bits per heavy atom. The molecule has 3 rings (SSSR count). The maximum Gasteiger partial charge on any atom is 0.274 e. The van der Waals surface area contributed by atoms with Crippen LogP contribution in [0.3, 0.4) is 0 Å². The molecule has 5 nitrogen and oxygen atoms in total. The predicted molar refractivity (Wildman–Crippen MR) is 95.6 cm³/mol. The van der Waals surface area contributed by atoms with Crippen molar-refractivity contribution >= 4 is 23.1 Å². The smallest absolute Gasteiger partial charge is 0.274 e.